The molecule has 1 unspecified atom stereocenters. The van der Waals surface area contributed by atoms with Crippen molar-refractivity contribution in [1.82, 2.24) is 0 Å². The van der Waals surface area contributed by atoms with Gasteiger partial charge in [-0.2, -0.15) is 0 Å². The van der Waals surface area contributed by atoms with Gasteiger partial charge in [0.2, 0.25) is 0 Å². The third kappa shape index (κ3) is 1.65. The number of nitrogens with two attached hydrogens (primary N) is 1. The van der Waals surface area contributed by atoms with Crippen molar-refractivity contribution in [3.05, 3.63) is 23.7 Å². The molecule has 0 radical (unpaired) electrons. The average molecular weight is 197 g/mol. The van der Waals surface area contributed by atoms with E-state index in [1.807, 2.05) is 0 Å². The van der Waals surface area contributed by atoms with Gasteiger partial charge >= 0.3 is 5.97 Å². The maximum absolute atomic E-state index is 10.8. The van der Waals surface area contributed by atoms with Crippen LogP contribution in [0.25, 0.3) is 0 Å². The highest BCUT2D eigenvalue weighted by atomic mass is 16.4. The number of furan rings is 1. The molecule has 1 atom stereocenters. The van der Waals surface area contributed by atoms with Gasteiger partial charge in [0.15, 0.2) is 0 Å². The van der Waals surface area contributed by atoms with Crippen LogP contribution < -0.4 is 5.73 Å². The number of carbonyl (C=O) groups is 1. The number of hydrogen-bond donors (Lipinski definition) is 2. The predicted octanol–water partition coefficient (Wildman–Crippen LogP) is 1.28. The van der Waals surface area contributed by atoms with Gasteiger partial charge in [0, 0.05) is 11.0 Å². The highest BCUT2D eigenvalue weighted by Gasteiger charge is 2.35. The lowest BCUT2D eigenvalue weighted by Gasteiger charge is -2.28. The van der Waals surface area contributed by atoms with Gasteiger partial charge in [-0.3, -0.25) is 4.79 Å². The summed E-state index contributed by atoms with van der Waals surface area (Å²) in [7, 11) is 0. The molecule has 1 rings (SSSR count). The first kappa shape index (κ1) is 10.8. The standard InChI is InChI=1S/C10H15NO3/c1-6-7(4-5-14-6)10(2,3)8(11)9(12)13/h4-5,8H,11H2,1-3H3,(H,12,13). The van der Waals surface area contributed by atoms with Crippen molar-refractivity contribution in [3.63, 3.8) is 0 Å². The van der Waals surface area contributed by atoms with Gasteiger partial charge in [-0.05, 0) is 13.0 Å². The van der Waals surface area contributed by atoms with Gasteiger partial charge in [0.25, 0.3) is 0 Å². The Kier molecular flexibility index (Phi) is 2.66. The van der Waals surface area contributed by atoms with E-state index in [9.17, 15) is 4.79 Å². The minimum absolute atomic E-state index is 0.622. The minimum atomic E-state index is -1.00. The van der Waals surface area contributed by atoms with E-state index in [4.69, 9.17) is 15.3 Å². The largest absolute Gasteiger partial charge is 0.480 e. The van der Waals surface area contributed by atoms with E-state index in [2.05, 4.69) is 0 Å². The van der Waals surface area contributed by atoms with E-state index in [1.54, 1.807) is 33.1 Å². The molecule has 0 aliphatic heterocycles. The van der Waals surface area contributed by atoms with E-state index in [1.165, 1.54) is 0 Å². The SMILES string of the molecule is Cc1occc1C(C)(C)C(N)C(=O)O. The Balaban J connectivity index is 3.07. The number of aliphatic carboxylic acids is 1. The molecule has 0 saturated carbocycles. The smallest absolute Gasteiger partial charge is 0.321 e. The van der Waals surface area contributed by atoms with E-state index in [0.717, 1.165) is 5.56 Å². The molecule has 0 amide bonds. The monoisotopic (exact) mass is 197 g/mol. The maximum Gasteiger partial charge on any atom is 0.321 e. The fraction of sp³-hybridized carbons (Fsp3) is 0.500. The summed E-state index contributed by atoms with van der Waals surface area (Å²) in [5, 5.41) is 8.85. The van der Waals surface area contributed by atoms with Crippen LogP contribution in [0.5, 0.6) is 0 Å². The summed E-state index contributed by atoms with van der Waals surface area (Å²) in [6.07, 6.45) is 1.54. The van der Waals surface area contributed by atoms with E-state index in [0.29, 0.717) is 5.76 Å². The number of aryl methyl sites for hydroxylation is 1. The second kappa shape index (κ2) is 3.46. The van der Waals surface area contributed by atoms with Gasteiger partial charge in [-0.15, -0.1) is 0 Å². The van der Waals surface area contributed by atoms with Crippen LogP contribution in [0.1, 0.15) is 25.2 Å². The summed E-state index contributed by atoms with van der Waals surface area (Å²) in [5.41, 5.74) is 5.83. The van der Waals surface area contributed by atoms with Crippen molar-refractivity contribution in [2.24, 2.45) is 5.73 Å². The Bertz CT molecular complexity index is 341. The molecular weight excluding hydrogens is 182 g/mol. The summed E-state index contributed by atoms with van der Waals surface area (Å²) in [6.45, 7) is 5.39. The summed E-state index contributed by atoms with van der Waals surface area (Å²) in [5.74, 6) is -0.290. The minimum Gasteiger partial charge on any atom is -0.480 e. The molecule has 78 valence electrons. The number of hydrogen-bond acceptors (Lipinski definition) is 3. The van der Waals surface area contributed by atoms with Crippen LogP contribution in [0.4, 0.5) is 0 Å². The predicted molar refractivity (Wildman–Crippen MR) is 52.1 cm³/mol. The van der Waals surface area contributed by atoms with Crippen molar-refractivity contribution in [2.45, 2.75) is 32.2 Å². The molecule has 4 heteroatoms. The van der Waals surface area contributed by atoms with E-state index < -0.39 is 17.4 Å². The Morgan fingerprint density at radius 3 is 2.57 bits per heavy atom. The molecule has 1 heterocycles. The van der Waals surface area contributed by atoms with Crippen LogP contribution in [-0.4, -0.2) is 17.1 Å². The normalized spacial score (nSPS) is 14.0. The van der Waals surface area contributed by atoms with Gasteiger partial charge in [0.05, 0.1) is 6.26 Å². The molecule has 0 saturated heterocycles. The molecule has 3 N–H and O–H groups in total. The van der Waals surface area contributed by atoms with Gasteiger partial charge in [-0.1, -0.05) is 13.8 Å². The lowest BCUT2D eigenvalue weighted by Crippen LogP contribution is -2.46. The lowest BCUT2D eigenvalue weighted by molar-refractivity contribution is -0.140. The molecule has 1 aromatic rings. The molecule has 0 bridgehead atoms. The molecule has 0 fully saturated rings. The Labute approximate surface area is 82.7 Å². The van der Waals surface area contributed by atoms with Gasteiger partial charge in [-0.25, -0.2) is 0 Å². The van der Waals surface area contributed by atoms with E-state index >= 15 is 0 Å². The topological polar surface area (TPSA) is 76.5 Å². The quantitative estimate of drug-likeness (QED) is 0.765. The van der Waals surface area contributed by atoms with Crippen molar-refractivity contribution in [2.75, 3.05) is 0 Å². The van der Waals surface area contributed by atoms with Crippen molar-refractivity contribution in [3.8, 4) is 0 Å². The first-order chi connectivity index (χ1) is 6.37. The second-order valence-electron chi connectivity index (χ2n) is 3.93. The zero-order valence-electron chi connectivity index (χ0n) is 8.57. The van der Waals surface area contributed by atoms with Crippen LogP contribution >= 0.6 is 0 Å². The molecule has 0 aromatic carbocycles. The van der Waals surface area contributed by atoms with E-state index in [-0.39, 0.29) is 0 Å². The van der Waals surface area contributed by atoms with Crippen LogP contribution in [-0.2, 0) is 10.2 Å². The maximum atomic E-state index is 10.8. The van der Waals surface area contributed by atoms with Crippen LogP contribution in [0.2, 0.25) is 0 Å². The molecule has 0 aliphatic rings. The zero-order chi connectivity index (χ0) is 10.9. The highest BCUT2D eigenvalue weighted by molar-refractivity contribution is 5.75. The first-order valence-electron chi connectivity index (χ1n) is 4.40. The number of carboxylic acid groups (broad SMARTS) is 1. The number of rotatable bonds is 3. The van der Waals surface area contributed by atoms with Crippen molar-refractivity contribution >= 4 is 5.97 Å². The molecule has 14 heavy (non-hydrogen) atoms. The Morgan fingerprint density at radius 1 is 1.64 bits per heavy atom. The molecule has 0 aliphatic carbocycles. The summed E-state index contributed by atoms with van der Waals surface area (Å²) < 4.78 is 5.13. The molecular formula is C10H15NO3. The zero-order valence-corrected chi connectivity index (χ0v) is 8.57. The summed E-state index contributed by atoms with van der Waals surface area (Å²) in [6, 6.07) is 0.830. The first-order valence-corrected chi connectivity index (χ1v) is 4.40. The van der Waals surface area contributed by atoms with Gasteiger partial charge < -0.3 is 15.3 Å². The average Bonchev–Trinajstić information content (AvgIpc) is 2.50. The van der Waals surface area contributed by atoms with Crippen molar-refractivity contribution in [1.29, 1.82) is 0 Å². The molecule has 1 aromatic heterocycles. The van der Waals surface area contributed by atoms with Crippen LogP contribution in [0, 0.1) is 6.92 Å². The summed E-state index contributed by atoms with van der Waals surface area (Å²) in [4.78, 5) is 10.8. The van der Waals surface area contributed by atoms with Crippen LogP contribution in [0.3, 0.4) is 0 Å². The van der Waals surface area contributed by atoms with Gasteiger partial charge in [0.1, 0.15) is 11.8 Å². The fourth-order valence-electron chi connectivity index (χ4n) is 1.53. The molecule has 0 spiro atoms. The second-order valence-corrected chi connectivity index (χ2v) is 3.93. The molecule has 4 nitrogen and oxygen atoms in total. The third-order valence-corrected chi connectivity index (χ3v) is 2.60. The Hall–Kier alpha value is -1.29. The third-order valence-electron chi connectivity index (χ3n) is 2.60. The highest BCUT2D eigenvalue weighted by Crippen LogP contribution is 2.29. The van der Waals surface area contributed by atoms with Crippen molar-refractivity contribution < 1.29 is 14.3 Å². The Morgan fingerprint density at radius 2 is 2.21 bits per heavy atom. The number of carboxylic acids is 1. The summed E-state index contributed by atoms with van der Waals surface area (Å²) >= 11 is 0. The lowest BCUT2D eigenvalue weighted by atomic mass is 9.78. The fourth-order valence-corrected chi connectivity index (χ4v) is 1.53. The van der Waals surface area contributed by atoms with Crippen LogP contribution in [0.15, 0.2) is 16.7 Å².